The summed E-state index contributed by atoms with van der Waals surface area (Å²) in [5, 5.41) is 10.4. The monoisotopic (exact) mass is 318 g/mol. The fraction of sp³-hybridized carbons (Fsp3) is 0.789. The Bertz CT molecular complexity index is 530. The lowest BCUT2D eigenvalue weighted by molar-refractivity contribution is -0.226. The average Bonchev–Trinajstić information content (AvgIpc) is 2.54. The Hall–Kier alpha value is -1.16. The van der Waals surface area contributed by atoms with Gasteiger partial charge in [-0.2, -0.15) is 0 Å². The second-order valence-electron chi connectivity index (χ2n) is 8.28. The van der Waals surface area contributed by atoms with Crippen LogP contribution in [0.4, 0.5) is 0 Å². The van der Waals surface area contributed by atoms with Gasteiger partial charge in [0.05, 0.1) is 17.4 Å². The minimum Gasteiger partial charge on any atom is -0.481 e. The van der Waals surface area contributed by atoms with Crippen LogP contribution < -0.4 is 0 Å². The second kappa shape index (κ2) is 5.17. The molecule has 4 unspecified atom stereocenters. The van der Waals surface area contributed by atoms with Gasteiger partial charge in [0.15, 0.2) is 5.78 Å². The number of ether oxygens (including phenoxy) is 1. The third-order valence-corrected chi connectivity index (χ3v) is 7.43. The average molecular weight is 318 g/mol. The number of carbonyl (C=O) groups is 2. The lowest BCUT2D eigenvalue weighted by atomic mass is 9.35. The topological polar surface area (TPSA) is 63.6 Å². The molecule has 0 aromatic carbocycles. The fourth-order valence-electron chi connectivity index (χ4n) is 7.05. The fourth-order valence-corrected chi connectivity index (χ4v) is 7.05. The number of carboxylic acids is 1. The van der Waals surface area contributed by atoms with Crippen molar-refractivity contribution in [3.8, 4) is 0 Å². The molecule has 4 nitrogen and oxygen atoms in total. The lowest BCUT2D eigenvalue weighted by Gasteiger charge is -2.67. The summed E-state index contributed by atoms with van der Waals surface area (Å²) in [6, 6.07) is 0. The van der Waals surface area contributed by atoms with Crippen molar-refractivity contribution in [1.82, 2.24) is 0 Å². The highest BCUT2D eigenvalue weighted by Gasteiger charge is 2.73. The SMILES string of the molecule is C=CC(=O)C12CC3CC(CC(C3)C1(C(=O)O)C1CCCOC1)C2. The van der Waals surface area contributed by atoms with Crippen molar-refractivity contribution in [2.24, 2.45) is 34.5 Å². The molecule has 4 bridgehead atoms. The van der Waals surface area contributed by atoms with Crippen molar-refractivity contribution in [2.45, 2.75) is 44.9 Å². The Morgan fingerprint density at radius 3 is 2.35 bits per heavy atom. The smallest absolute Gasteiger partial charge is 0.311 e. The normalized spacial score (nSPS) is 48.2. The molecule has 4 aliphatic carbocycles. The van der Waals surface area contributed by atoms with Gasteiger partial charge in [0.1, 0.15) is 0 Å². The maximum atomic E-state index is 13.0. The summed E-state index contributed by atoms with van der Waals surface area (Å²) in [7, 11) is 0. The van der Waals surface area contributed by atoms with Crippen molar-refractivity contribution in [3.63, 3.8) is 0 Å². The number of allylic oxidation sites excluding steroid dienone is 1. The summed E-state index contributed by atoms with van der Waals surface area (Å²) < 4.78 is 5.67. The number of rotatable bonds is 4. The quantitative estimate of drug-likeness (QED) is 0.809. The maximum absolute atomic E-state index is 13.0. The first-order chi connectivity index (χ1) is 11.0. The highest BCUT2D eigenvalue weighted by atomic mass is 16.5. The zero-order valence-electron chi connectivity index (χ0n) is 13.6. The van der Waals surface area contributed by atoms with Gasteiger partial charge in [0.25, 0.3) is 0 Å². The Labute approximate surface area is 137 Å². The number of hydrogen-bond acceptors (Lipinski definition) is 3. The van der Waals surface area contributed by atoms with Gasteiger partial charge in [-0.25, -0.2) is 0 Å². The van der Waals surface area contributed by atoms with Gasteiger partial charge in [-0.15, -0.1) is 0 Å². The molecule has 0 aromatic heterocycles. The Kier molecular flexibility index (Phi) is 3.45. The molecule has 5 fully saturated rings. The van der Waals surface area contributed by atoms with Gasteiger partial charge >= 0.3 is 5.97 Å². The summed E-state index contributed by atoms with van der Waals surface area (Å²) in [4.78, 5) is 25.7. The molecule has 23 heavy (non-hydrogen) atoms. The first-order valence-electron chi connectivity index (χ1n) is 9.02. The minimum atomic E-state index is -0.938. The number of ketones is 1. The summed E-state index contributed by atoms with van der Waals surface area (Å²) >= 11 is 0. The van der Waals surface area contributed by atoms with E-state index in [0.29, 0.717) is 25.0 Å². The predicted molar refractivity (Wildman–Crippen MR) is 84.8 cm³/mol. The van der Waals surface area contributed by atoms with Gasteiger partial charge in [-0.05, 0) is 74.7 Å². The van der Waals surface area contributed by atoms with E-state index in [9.17, 15) is 14.7 Å². The summed E-state index contributed by atoms with van der Waals surface area (Å²) in [6.07, 6.45) is 7.79. The van der Waals surface area contributed by atoms with E-state index in [0.717, 1.165) is 38.5 Å². The van der Waals surface area contributed by atoms with Gasteiger partial charge in [0, 0.05) is 6.61 Å². The molecular weight excluding hydrogens is 292 g/mol. The Morgan fingerprint density at radius 1 is 1.13 bits per heavy atom. The Morgan fingerprint density at radius 2 is 1.83 bits per heavy atom. The standard InChI is InChI=1S/C19H26O4/c1-2-16(20)18-9-12-6-13(10-18)8-15(7-12)19(18,17(21)22)14-4-3-5-23-11-14/h2,12-15H,1,3-11H2,(H,21,22). The van der Waals surface area contributed by atoms with Gasteiger partial charge in [-0.3, -0.25) is 9.59 Å². The minimum absolute atomic E-state index is 0.0235. The van der Waals surface area contributed by atoms with Crippen molar-refractivity contribution in [1.29, 1.82) is 0 Å². The van der Waals surface area contributed by atoms with Crippen LogP contribution in [0.2, 0.25) is 0 Å². The summed E-state index contributed by atoms with van der Waals surface area (Å²) in [6.45, 7) is 4.92. The van der Waals surface area contributed by atoms with Crippen LogP contribution in [-0.2, 0) is 14.3 Å². The first kappa shape index (κ1) is 15.4. The van der Waals surface area contributed by atoms with Crippen LogP contribution in [0.15, 0.2) is 12.7 Å². The molecule has 1 N–H and O–H groups in total. The van der Waals surface area contributed by atoms with Crippen LogP contribution >= 0.6 is 0 Å². The van der Waals surface area contributed by atoms with Crippen molar-refractivity contribution in [2.75, 3.05) is 13.2 Å². The third-order valence-electron chi connectivity index (χ3n) is 7.43. The van der Waals surface area contributed by atoms with Crippen LogP contribution in [0, 0.1) is 34.5 Å². The van der Waals surface area contributed by atoms with E-state index in [1.165, 1.54) is 12.5 Å². The lowest BCUT2D eigenvalue weighted by Crippen LogP contribution is -2.69. The van der Waals surface area contributed by atoms with Crippen LogP contribution in [0.3, 0.4) is 0 Å². The second-order valence-corrected chi connectivity index (χ2v) is 8.28. The largest absolute Gasteiger partial charge is 0.481 e. The van der Waals surface area contributed by atoms with Crippen LogP contribution in [0.5, 0.6) is 0 Å². The van der Waals surface area contributed by atoms with Gasteiger partial charge in [0.2, 0.25) is 0 Å². The molecule has 0 radical (unpaired) electrons. The molecule has 0 amide bonds. The molecular formula is C19H26O4. The van der Waals surface area contributed by atoms with E-state index < -0.39 is 16.8 Å². The summed E-state index contributed by atoms with van der Waals surface area (Å²) in [5.74, 6) is 0.350. The molecule has 5 rings (SSSR count). The zero-order valence-corrected chi connectivity index (χ0v) is 13.6. The highest BCUT2D eigenvalue weighted by Crippen LogP contribution is 2.71. The van der Waals surface area contributed by atoms with E-state index in [1.54, 1.807) is 0 Å². The van der Waals surface area contributed by atoms with E-state index >= 15 is 0 Å². The molecule has 0 aromatic rings. The van der Waals surface area contributed by atoms with Crippen LogP contribution in [0.1, 0.15) is 44.9 Å². The predicted octanol–water partition coefficient (Wildman–Crippen LogP) is 3.07. The number of carbonyl (C=O) groups excluding carboxylic acids is 1. The molecule has 1 heterocycles. The zero-order chi connectivity index (χ0) is 16.2. The highest BCUT2D eigenvalue weighted by molar-refractivity contribution is 5.99. The van der Waals surface area contributed by atoms with E-state index in [4.69, 9.17) is 4.74 Å². The summed E-state index contributed by atoms with van der Waals surface area (Å²) in [5.41, 5.74) is -1.67. The molecule has 4 atom stereocenters. The number of hydrogen-bond donors (Lipinski definition) is 1. The molecule has 0 spiro atoms. The molecule has 1 saturated heterocycles. The molecule has 4 saturated carbocycles. The van der Waals surface area contributed by atoms with Crippen LogP contribution in [0.25, 0.3) is 0 Å². The maximum Gasteiger partial charge on any atom is 0.311 e. The molecule has 126 valence electrons. The third kappa shape index (κ3) is 1.81. The van der Waals surface area contributed by atoms with E-state index in [1.807, 2.05) is 0 Å². The number of aliphatic carboxylic acids is 1. The van der Waals surface area contributed by atoms with Gasteiger partial charge in [-0.1, -0.05) is 6.58 Å². The van der Waals surface area contributed by atoms with Gasteiger partial charge < -0.3 is 9.84 Å². The molecule has 5 aliphatic rings. The molecule has 4 heteroatoms. The van der Waals surface area contributed by atoms with Crippen molar-refractivity contribution >= 4 is 11.8 Å². The van der Waals surface area contributed by atoms with E-state index in [2.05, 4.69) is 6.58 Å². The first-order valence-corrected chi connectivity index (χ1v) is 9.02. The van der Waals surface area contributed by atoms with Crippen molar-refractivity contribution < 1.29 is 19.4 Å². The van der Waals surface area contributed by atoms with Crippen LogP contribution in [-0.4, -0.2) is 30.1 Å². The number of carboxylic acid groups (broad SMARTS) is 1. The van der Waals surface area contributed by atoms with E-state index in [-0.39, 0.29) is 17.6 Å². The Balaban J connectivity index is 1.88. The molecule has 1 aliphatic heterocycles. The van der Waals surface area contributed by atoms with Crippen molar-refractivity contribution in [3.05, 3.63) is 12.7 Å².